The number of amides is 1. The molecule has 0 saturated carbocycles. The van der Waals surface area contributed by atoms with Crippen LogP contribution < -0.4 is 4.90 Å². The Morgan fingerprint density at radius 2 is 1.24 bits per heavy atom. The number of carbonyl (C=O) groups excluding carboxylic acids is 2. The van der Waals surface area contributed by atoms with Crippen LogP contribution in [-0.4, -0.2) is 42.3 Å². The number of halogens is 1. The summed E-state index contributed by atoms with van der Waals surface area (Å²) in [5.41, 5.74) is 2.56. The predicted molar refractivity (Wildman–Crippen MR) is 174 cm³/mol. The van der Waals surface area contributed by atoms with E-state index in [0.29, 0.717) is 12.1 Å². The molecule has 1 N–H and O–H groups in total. The van der Waals surface area contributed by atoms with E-state index in [1.165, 1.54) is 70.6 Å². The summed E-state index contributed by atoms with van der Waals surface area (Å²) in [6, 6.07) is 14.4. The summed E-state index contributed by atoms with van der Waals surface area (Å²) >= 11 is 3.42. The molecule has 6 heteroatoms. The van der Waals surface area contributed by atoms with Gasteiger partial charge in [0.1, 0.15) is 5.76 Å². The van der Waals surface area contributed by atoms with Crippen molar-refractivity contribution in [1.82, 2.24) is 4.90 Å². The van der Waals surface area contributed by atoms with Gasteiger partial charge in [-0.05, 0) is 36.2 Å². The lowest BCUT2D eigenvalue weighted by atomic mass is 9.95. The first kappa shape index (κ1) is 32.9. The number of benzene rings is 2. The smallest absolute Gasteiger partial charge is 0.295 e. The Morgan fingerprint density at radius 1 is 0.756 bits per heavy atom. The molecule has 0 bridgehead atoms. The Bertz CT molecular complexity index is 1130. The molecular formula is C35H49BrN2O3. The molecule has 41 heavy (non-hydrogen) atoms. The van der Waals surface area contributed by atoms with Crippen molar-refractivity contribution in [2.75, 3.05) is 25.5 Å². The maximum Gasteiger partial charge on any atom is 0.295 e. The average Bonchev–Trinajstić information content (AvgIpc) is 3.22. The molecule has 1 aliphatic heterocycles. The lowest BCUT2D eigenvalue weighted by Crippen LogP contribution is -2.30. The van der Waals surface area contributed by atoms with Crippen molar-refractivity contribution in [2.45, 2.75) is 103 Å². The summed E-state index contributed by atoms with van der Waals surface area (Å²) in [5, 5.41) is 11.2. The second kappa shape index (κ2) is 17.4. The number of aliphatic hydroxyl groups excluding tert-OH is 1. The Hall–Kier alpha value is -2.60. The highest BCUT2D eigenvalue weighted by molar-refractivity contribution is 9.10. The third-order valence-corrected chi connectivity index (χ3v) is 8.66. The fourth-order valence-corrected chi connectivity index (χ4v) is 5.92. The summed E-state index contributed by atoms with van der Waals surface area (Å²) in [5.74, 6) is -1.27. The first-order valence-corrected chi connectivity index (χ1v) is 16.5. The average molecular weight is 626 g/mol. The van der Waals surface area contributed by atoms with Crippen LogP contribution in [-0.2, 0) is 9.59 Å². The summed E-state index contributed by atoms with van der Waals surface area (Å²) in [4.78, 5) is 30.2. The van der Waals surface area contributed by atoms with Gasteiger partial charge in [-0.3, -0.25) is 9.59 Å². The number of hydrogen-bond donors (Lipinski definition) is 1. The number of rotatable bonds is 18. The first-order valence-electron chi connectivity index (χ1n) is 15.7. The molecule has 3 rings (SSSR count). The van der Waals surface area contributed by atoms with E-state index in [-0.39, 0.29) is 11.3 Å². The molecule has 2 aromatic carbocycles. The van der Waals surface area contributed by atoms with Crippen molar-refractivity contribution in [2.24, 2.45) is 0 Å². The van der Waals surface area contributed by atoms with Gasteiger partial charge in [-0.25, -0.2) is 0 Å². The molecular weight excluding hydrogens is 576 g/mol. The monoisotopic (exact) mass is 624 g/mol. The molecule has 1 atom stereocenters. The molecule has 1 aliphatic rings. The molecule has 0 radical (unpaired) electrons. The van der Waals surface area contributed by atoms with Gasteiger partial charge in [0.05, 0.1) is 11.6 Å². The molecule has 2 aromatic rings. The third kappa shape index (κ3) is 9.73. The van der Waals surface area contributed by atoms with Crippen LogP contribution in [0.2, 0.25) is 0 Å². The van der Waals surface area contributed by atoms with Gasteiger partial charge in [-0.1, -0.05) is 131 Å². The van der Waals surface area contributed by atoms with Gasteiger partial charge in [0.25, 0.3) is 11.7 Å². The van der Waals surface area contributed by atoms with Crippen LogP contribution in [0.3, 0.4) is 0 Å². The van der Waals surface area contributed by atoms with E-state index >= 15 is 0 Å². The van der Waals surface area contributed by atoms with Crippen LogP contribution in [0.1, 0.15) is 114 Å². The van der Waals surface area contributed by atoms with Crippen molar-refractivity contribution in [1.29, 1.82) is 0 Å². The quantitative estimate of drug-likeness (QED) is 0.0776. The van der Waals surface area contributed by atoms with Crippen molar-refractivity contribution in [3.63, 3.8) is 0 Å². The molecule has 5 nitrogen and oxygen atoms in total. The number of carbonyl (C=O) groups is 2. The van der Waals surface area contributed by atoms with E-state index in [4.69, 9.17) is 0 Å². The van der Waals surface area contributed by atoms with Gasteiger partial charge in [0, 0.05) is 36.4 Å². The SMILES string of the molecule is CCCCCCCCCCCCCCCCN1C(=O)C(=O)/C(=C(/O)c2ccc(Br)cc2)[C@H]1c1ccc(N(C)C)cc1. The molecule has 1 heterocycles. The summed E-state index contributed by atoms with van der Waals surface area (Å²) in [6.07, 6.45) is 17.7. The minimum absolute atomic E-state index is 0.124. The largest absolute Gasteiger partial charge is 0.507 e. The van der Waals surface area contributed by atoms with Crippen molar-refractivity contribution < 1.29 is 14.7 Å². The Balaban J connectivity index is 1.57. The number of unbranched alkanes of at least 4 members (excludes halogenated alkanes) is 13. The molecule has 1 amide bonds. The van der Waals surface area contributed by atoms with Crippen LogP contribution >= 0.6 is 15.9 Å². The standard InChI is InChI=1S/C35H49BrN2O3/c1-4-5-6-7-8-9-10-11-12-13-14-15-16-17-26-38-32(27-20-24-30(25-21-27)37(2)3)31(34(40)35(38)41)33(39)28-18-22-29(36)23-19-28/h18-25,32,39H,4-17,26H2,1-3H3/b33-31+/t32-/m1/s1. The molecule has 0 unspecified atom stereocenters. The van der Waals surface area contributed by atoms with Crippen LogP contribution in [0.4, 0.5) is 5.69 Å². The Labute approximate surface area is 256 Å². The number of anilines is 1. The van der Waals surface area contributed by atoms with Gasteiger partial charge >= 0.3 is 0 Å². The van der Waals surface area contributed by atoms with Crippen molar-refractivity contribution in [3.8, 4) is 0 Å². The summed E-state index contributed by atoms with van der Waals surface area (Å²) < 4.78 is 0.878. The fourth-order valence-electron chi connectivity index (χ4n) is 5.65. The molecule has 0 aromatic heterocycles. The highest BCUT2D eigenvalue weighted by Crippen LogP contribution is 2.40. The number of aliphatic hydroxyl groups is 1. The first-order chi connectivity index (χ1) is 19.8. The van der Waals surface area contributed by atoms with E-state index in [1.807, 2.05) is 55.4 Å². The summed E-state index contributed by atoms with van der Waals surface area (Å²) in [7, 11) is 3.95. The van der Waals surface area contributed by atoms with E-state index in [2.05, 4.69) is 22.9 Å². The van der Waals surface area contributed by atoms with Gasteiger partial charge in [-0.15, -0.1) is 0 Å². The number of hydrogen-bond acceptors (Lipinski definition) is 4. The zero-order valence-electron chi connectivity index (χ0n) is 25.3. The molecule has 1 saturated heterocycles. The lowest BCUT2D eigenvalue weighted by Gasteiger charge is -2.26. The zero-order valence-corrected chi connectivity index (χ0v) is 26.9. The van der Waals surface area contributed by atoms with E-state index in [9.17, 15) is 14.7 Å². The van der Waals surface area contributed by atoms with Crippen LogP contribution in [0, 0.1) is 0 Å². The predicted octanol–water partition coefficient (Wildman–Crippen LogP) is 9.42. The summed E-state index contributed by atoms with van der Waals surface area (Å²) in [6.45, 7) is 2.76. The van der Waals surface area contributed by atoms with Gasteiger partial charge in [0.2, 0.25) is 0 Å². The van der Waals surface area contributed by atoms with Crippen molar-refractivity contribution >= 4 is 39.1 Å². The Kier molecular flexibility index (Phi) is 13.9. The van der Waals surface area contributed by atoms with E-state index in [0.717, 1.165) is 35.0 Å². The highest BCUT2D eigenvalue weighted by Gasteiger charge is 2.45. The normalized spacial score (nSPS) is 16.5. The number of likely N-dealkylation sites (tertiary alicyclic amines) is 1. The topological polar surface area (TPSA) is 60.9 Å². The highest BCUT2D eigenvalue weighted by atomic mass is 79.9. The second-order valence-electron chi connectivity index (χ2n) is 11.6. The number of ketones is 1. The maximum absolute atomic E-state index is 13.3. The van der Waals surface area contributed by atoms with E-state index < -0.39 is 17.7 Å². The molecule has 224 valence electrons. The minimum Gasteiger partial charge on any atom is -0.507 e. The van der Waals surface area contributed by atoms with E-state index in [1.54, 1.807) is 17.0 Å². The lowest BCUT2D eigenvalue weighted by molar-refractivity contribution is -0.139. The molecule has 0 aliphatic carbocycles. The second-order valence-corrected chi connectivity index (χ2v) is 12.5. The van der Waals surface area contributed by atoms with Gasteiger partial charge in [0.15, 0.2) is 0 Å². The number of nitrogens with zero attached hydrogens (tertiary/aromatic N) is 2. The third-order valence-electron chi connectivity index (χ3n) is 8.14. The van der Waals surface area contributed by atoms with Gasteiger partial charge in [-0.2, -0.15) is 0 Å². The molecule has 1 fully saturated rings. The zero-order chi connectivity index (χ0) is 29.6. The van der Waals surface area contributed by atoms with Gasteiger partial charge < -0.3 is 14.9 Å². The van der Waals surface area contributed by atoms with Crippen LogP contribution in [0.15, 0.2) is 58.6 Å². The van der Waals surface area contributed by atoms with Crippen molar-refractivity contribution in [3.05, 3.63) is 69.7 Å². The number of Topliss-reactive ketones (excluding diaryl/α,β-unsaturated/α-hetero) is 1. The van der Waals surface area contributed by atoms with Crippen LogP contribution in [0.25, 0.3) is 5.76 Å². The minimum atomic E-state index is -0.613. The maximum atomic E-state index is 13.3. The van der Waals surface area contributed by atoms with Crippen LogP contribution in [0.5, 0.6) is 0 Å². The fraction of sp³-hybridized carbons (Fsp3) is 0.543. The Morgan fingerprint density at radius 3 is 1.73 bits per heavy atom. The molecule has 0 spiro atoms.